The Kier molecular flexibility index (Phi) is 4.97. The van der Waals surface area contributed by atoms with Gasteiger partial charge in [-0.05, 0) is 30.5 Å². The highest BCUT2D eigenvalue weighted by atomic mass is 16.5. The van der Waals surface area contributed by atoms with E-state index in [1.54, 1.807) is 24.3 Å². The fourth-order valence-electron chi connectivity index (χ4n) is 1.51. The molecule has 0 aliphatic heterocycles. The van der Waals surface area contributed by atoms with Gasteiger partial charge < -0.3 is 15.6 Å². The summed E-state index contributed by atoms with van der Waals surface area (Å²) in [6.45, 7) is 3.75. The second-order valence-corrected chi connectivity index (χ2v) is 3.91. The zero-order chi connectivity index (χ0) is 12.8. The van der Waals surface area contributed by atoms with Gasteiger partial charge in [-0.2, -0.15) is 0 Å². The third-order valence-electron chi connectivity index (χ3n) is 2.62. The van der Waals surface area contributed by atoms with Crippen LogP contribution in [-0.4, -0.2) is 17.1 Å². The molecule has 1 aromatic carbocycles. The minimum absolute atomic E-state index is 0.456. The Hall–Kier alpha value is -1.55. The average molecular weight is 237 g/mol. The molecule has 1 rings (SSSR count). The molecule has 1 aromatic rings. The van der Waals surface area contributed by atoms with Gasteiger partial charge >= 0.3 is 0 Å². The van der Waals surface area contributed by atoms with Crippen molar-refractivity contribution in [1.82, 2.24) is 0 Å². The van der Waals surface area contributed by atoms with E-state index in [0.717, 1.165) is 5.56 Å². The number of carbonyl (C=O) groups is 1. The first-order chi connectivity index (χ1) is 8.08. The number of hydrogen-bond acceptors (Lipinski definition) is 3. The van der Waals surface area contributed by atoms with Gasteiger partial charge in [0.05, 0.1) is 6.10 Å². The van der Waals surface area contributed by atoms with E-state index in [1.165, 1.54) is 0 Å². The van der Waals surface area contributed by atoms with Gasteiger partial charge in [0.25, 0.3) is 5.91 Å². The van der Waals surface area contributed by atoms with Crippen molar-refractivity contribution in [3.63, 3.8) is 0 Å². The van der Waals surface area contributed by atoms with Crippen LogP contribution in [0.15, 0.2) is 24.3 Å². The lowest BCUT2D eigenvalue weighted by Crippen LogP contribution is -2.32. The number of carbonyl (C=O) groups excluding carboxylic acids is 1. The first-order valence-corrected chi connectivity index (χ1v) is 5.82. The minimum atomic E-state index is -0.600. The molecule has 3 N–H and O–H groups in total. The summed E-state index contributed by atoms with van der Waals surface area (Å²) >= 11 is 0. The number of aliphatic hydroxyl groups is 1. The van der Waals surface area contributed by atoms with Gasteiger partial charge in [-0.1, -0.05) is 26.0 Å². The largest absolute Gasteiger partial charge is 0.481 e. The quantitative estimate of drug-likeness (QED) is 0.792. The van der Waals surface area contributed by atoms with Crippen LogP contribution in [0.25, 0.3) is 0 Å². The Bertz CT molecular complexity index is 361. The van der Waals surface area contributed by atoms with Crippen molar-refractivity contribution in [3.05, 3.63) is 29.8 Å². The Balaban J connectivity index is 2.71. The third kappa shape index (κ3) is 3.75. The molecule has 17 heavy (non-hydrogen) atoms. The number of amides is 1. The number of aliphatic hydroxyl groups excluding tert-OH is 1. The van der Waals surface area contributed by atoms with Crippen LogP contribution in [0.2, 0.25) is 0 Å². The molecule has 0 aromatic heterocycles. The maximum atomic E-state index is 11.0. The fourth-order valence-corrected chi connectivity index (χ4v) is 1.51. The molecule has 0 saturated heterocycles. The van der Waals surface area contributed by atoms with Crippen molar-refractivity contribution >= 4 is 5.91 Å². The van der Waals surface area contributed by atoms with E-state index < -0.39 is 18.1 Å². The number of ether oxygens (including phenoxy) is 1. The van der Waals surface area contributed by atoms with E-state index >= 15 is 0 Å². The molecular weight excluding hydrogens is 218 g/mol. The summed E-state index contributed by atoms with van der Waals surface area (Å²) < 4.78 is 5.44. The molecule has 4 nitrogen and oxygen atoms in total. The van der Waals surface area contributed by atoms with Crippen LogP contribution in [-0.2, 0) is 4.79 Å². The highest BCUT2D eigenvalue weighted by Crippen LogP contribution is 2.20. The number of rotatable bonds is 6. The average Bonchev–Trinajstić information content (AvgIpc) is 2.35. The second-order valence-electron chi connectivity index (χ2n) is 3.91. The number of nitrogens with two attached hydrogens (primary N) is 1. The maximum absolute atomic E-state index is 11.0. The molecule has 0 spiro atoms. The molecule has 0 heterocycles. The van der Waals surface area contributed by atoms with Gasteiger partial charge in [0.1, 0.15) is 5.75 Å². The Morgan fingerprint density at radius 2 is 1.88 bits per heavy atom. The molecule has 0 aliphatic rings. The van der Waals surface area contributed by atoms with Crippen LogP contribution in [0.3, 0.4) is 0 Å². The molecule has 0 radical (unpaired) electrons. The number of hydrogen-bond donors (Lipinski definition) is 2. The zero-order valence-corrected chi connectivity index (χ0v) is 10.2. The van der Waals surface area contributed by atoms with Gasteiger partial charge in [0, 0.05) is 0 Å². The number of benzene rings is 1. The van der Waals surface area contributed by atoms with E-state index in [2.05, 4.69) is 0 Å². The Morgan fingerprint density at radius 3 is 2.29 bits per heavy atom. The molecule has 4 heteroatoms. The minimum Gasteiger partial charge on any atom is -0.481 e. The van der Waals surface area contributed by atoms with E-state index in [0.29, 0.717) is 18.6 Å². The molecule has 0 bridgehead atoms. The maximum Gasteiger partial charge on any atom is 0.258 e. The molecule has 1 unspecified atom stereocenters. The van der Waals surface area contributed by atoms with Crippen LogP contribution in [0, 0.1) is 0 Å². The van der Waals surface area contributed by atoms with Gasteiger partial charge in [-0.3, -0.25) is 4.79 Å². The summed E-state index contributed by atoms with van der Waals surface area (Å²) in [7, 11) is 0. The van der Waals surface area contributed by atoms with Crippen LogP contribution in [0.5, 0.6) is 5.75 Å². The molecule has 1 amide bonds. The normalized spacial score (nSPS) is 14.1. The van der Waals surface area contributed by atoms with Crippen molar-refractivity contribution in [1.29, 1.82) is 0 Å². The Labute approximate surface area is 101 Å². The second kappa shape index (κ2) is 6.25. The van der Waals surface area contributed by atoms with Crippen molar-refractivity contribution in [2.24, 2.45) is 5.73 Å². The topological polar surface area (TPSA) is 72.6 Å². The van der Waals surface area contributed by atoms with Crippen LogP contribution >= 0.6 is 0 Å². The van der Waals surface area contributed by atoms with Gasteiger partial charge in [-0.15, -0.1) is 0 Å². The molecular formula is C13H19NO3. The molecule has 2 atom stereocenters. The van der Waals surface area contributed by atoms with E-state index in [4.69, 9.17) is 10.5 Å². The smallest absolute Gasteiger partial charge is 0.258 e. The highest BCUT2D eigenvalue weighted by molar-refractivity contribution is 5.79. The summed E-state index contributed by atoms with van der Waals surface area (Å²) in [4.78, 5) is 11.0. The molecule has 94 valence electrons. The Morgan fingerprint density at radius 1 is 1.29 bits per heavy atom. The lowest BCUT2D eigenvalue weighted by molar-refractivity contribution is -0.124. The van der Waals surface area contributed by atoms with Gasteiger partial charge in [0.15, 0.2) is 6.10 Å². The lowest BCUT2D eigenvalue weighted by Gasteiger charge is -2.15. The van der Waals surface area contributed by atoms with Crippen molar-refractivity contribution in [2.75, 3.05) is 0 Å². The summed E-state index contributed by atoms with van der Waals surface area (Å²) in [5, 5.41) is 9.62. The summed E-state index contributed by atoms with van der Waals surface area (Å²) in [5.74, 6) is 0.118. The standard InChI is InChI=1S/C13H19NO3/c1-3-11(15)9-5-7-10(8-6-9)17-12(4-2)13(14)16/h5-8,11-12,15H,3-4H2,1-2H3,(H2,14,16)/t11-,12?/m0/s1. The van der Waals surface area contributed by atoms with Gasteiger partial charge in [0.2, 0.25) is 0 Å². The lowest BCUT2D eigenvalue weighted by atomic mass is 10.1. The summed E-state index contributed by atoms with van der Waals surface area (Å²) in [6, 6.07) is 7.05. The van der Waals surface area contributed by atoms with E-state index in [-0.39, 0.29) is 0 Å². The highest BCUT2D eigenvalue weighted by Gasteiger charge is 2.14. The first kappa shape index (κ1) is 13.5. The van der Waals surface area contributed by atoms with Crippen molar-refractivity contribution in [2.45, 2.75) is 38.9 Å². The first-order valence-electron chi connectivity index (χ1n) is 5.82. The van der Waals surface area contributed by atoms with Crippen molar-refractivity contribution < 1.29 is 14.6 Å². The zero-order valence-electron chi connectivity index (χ0n) is 10.2. The predicted octanol–water partition coefficient (Wildman–Crippen LogP) is 1.77. The summed E-state index contributed by atoms with van der Waals surface area (Å²) in [5.41, 5.74) is 6.03. The molecule has 0 saturated carbocycles. The van der Waals surface area contributed by atoms with Crippen LogP contribution in [0.4, 0.5) is 0 Å². The molecule has 0 fully saturated rings. The number of primary amides is 1. The SMILES string of the molecule is CCC(Oc1ccc([C@@H](O)CC)cc1)C(N)=O. The fraction of sp³-hybridized carbons (Fsp3) is 0.462. The van der Waals surface area contributed by atoms with E-state index in [9.17, 15) is 9.90 Å². The molecule has 0 aliphatic carbocycles. The van der Waals surface area contributed by atoms with Crippen LogP contribution < -0.4 is 10.5 Å². The summed E-state index contributed by atoms with van der Waals surface area (Å²) in [6.07, 6.45) is 0.146. The third-order valence-corrected chi connectivity index (χ3v) is 2.62. The predicted molar refractivity (Wildman–Crippen MR) is 65.6 cm³/mol. The monoisotopic (exact) mass is 237 g/mol. The van der Waals surface area contributed by atoms with E-state index in [1.807, 2.05) is 13.8 Å². The van der Waals surface area contributed by atoms with Crippen molar-refractivity contribution in [3.8, 4) is 5.75 Å². The van der Waals surface area contributed by atoms with Gasteiger partial charge in [-0.25, -0.2) is 0 Å². The van der Waals surface area contributed by atoms with Crippen LogP contribution in [0.1, 0.15) is 38.4 Å².